The number of thioether (sulfide) groups is 1. The molecule has 2 aromatic heterocycles. The monoisotopic (exact) mass is 366 g/mol. The fraction of sp³-hybridized carbons (Fsp3) is 0.467. The topological polar surface area (TPSA) is 118 Å². The average molecular weight is 366 g/mol. The molecule has 3 rings (SSSR count). The van der Waals surface area contributed by atoms with Crippen molar-refractivity contribution in [2.45, 2.75) is 38.0 Å². The van der Waals surface area contributed by atoms with Crippen LogP contribution >= 0.6 is 23.1 Å². The van der Waals surface area contributed by atoms with E-state index in [-0.39, 0.29) is 17.2 Å². The third-order valence-corrected chi connectivity index (χ3v) is 6.03. The summed E-state index contributed by atoms with van der Waals surface area (Å²) >= 11 is 2.92. The number of thiophene rings is 1. The van der Waals surface area contributed by atoms with E-state index in [0.29, 0.717) is 11.6 Å². The lowest BCUT2D eigenvalue weighted by Gasteiger charge is -2.09. The van der Waals surface area contributed by atoms with Crippen molar-refractivity contribution in [3.8, 4) is 0 Å². The number of nitrogens with two attached hydrogens (primary N) is 1. The van der Waals surface area contributed by atoms with Gasteiger partial charge in [0.25, 0.3) is 5.56 Å². The van der Waals surface area contributed by atoms with Crippen molar-refractivity contribution in [2.75, 3.05) is 5.75 Å². The maximum atomic E-state index is 12.3. The van der Waals surface area contributed by atoms with Crippen LogP contribution in [-0.2, 0) is 28.2 Å². The van der Waals surface area contributed by atoms with Gasteiger partial charge in [-0.3, -0.25) is 14.4 Å². The Morgan fingerprint density at radius 2 is 2.25 bits per heavy atom. The zero-order valence-corrected chi connectivity index (χ0v) is 14.8. The van der Waals surface area contributed by atoms with Crippen LogP contribution in [0.2, 0.25) is 0 Å². The Labute approximate surface area is 146 Å². The predicted molar refractivity (Wildman–Crippen MR) is 95.2 cm³/mol. The molecule has 0 saturated heterocycles. The van der Waals surface area contributed by atoms with Gasteiger partial charge in [-0.15, -0.1) is 23.1 Å². The molecule has 1 aliphatic rings. The van der Waals surface area contributed by atoms with E-state index in [1.807, 2.05) is 0 Å². The third-order valence-electron chi connectivity index (χ3n) is 3.90. The highest BCUT2D eigenvalue weighted by Crippen LogP contribution is 2.34. The van der Waals surface area contributed by atoms with Gasteiger partial charge in [0.05, 0.1) is 16.9 Å². The van der Waals surface area contributed by atoms with Crippen molar-refractivity contribution < 1.29 is 9.59 Å². The fourth-order valence-corrected chi connectivity index (χ4v) is 4.69. The number of amides is 2. The van der Waals surface area contributed by atoms with Gasteiger partial charge in [0.1, 0.15) is 16.7 Å². The van der Waals surface area contributed by atoms with Gasteiger partial charge in [0.15, 0.2) is 0 Å². The zero-order valence-electron chi connectivity index (χ0n) is 13.2. The van der Waals surface area contributed by atoms with E-state index in [1.54, 1.807) is 11.3 Å². The van der Waals surface area contributed by atoms with Gasteiger partial charge >= 0.3 is 0 Å². The molecule has 0 bridgehead atoms. The number of hydrogen-bond acceptors (Lipinski definition) is 6. The van der Waals surface area contributed by atoms with Crippen LogP contribution in [0.15, 0.2) is 4.79 Å². The molecule has 0 aliphatic heterocycles. The quantitative estimate of drug-likeness (QED) is 0.695. The molecule has 0 spiro atoms. The molecular formula is C15H18N4O3S2. The molecular weight excluding hydrogens is 348 g/mol. The highest BCUT2D eigenvalue weighted by Gasteiger charge is 2.21. The molecule has 0 aromatic carbocycles. The van der Waals surface area contributed by atoms with Crippen molar-refractivity contribution in [2.24, 2.45) is 5.73 Å². The summed E-state index contributed by atoms with van der Waals surface area (Å²) in [6.45, 7) is 1.54. The number of primary amides is 1. The standard InChI is InChI=1S/C15H18N4O3S2/c1-7(13(16)21)17-11(20)6-23-5-10-18-14(22)12-8-3-2-4-9(8)24-15(12)19-10/h7H,2-6H2,1H3,(H2,16,21)(H,17,20)(H,18,19,22)/t7-/m0/s1. The highest BCUT2D eigenvalue weighted by molar-refractivity contribution is 7.99. The highest BCUT2D eigenvalue weighted by atomic mass is 32.2. The fourth-order valence-electron chi connectivity index (χ4n) is 2.71. The van der Waals surface area contributed by atoms with Gasteiger partial charge < -0.3 is 16.0 Å². The van der Waals surface area contributed by atoms with Crippen LogP contribution in [0.5, 0.6) is 0 Å². The van der Waals surface area contributed by atoms with Gasteiger partial charge in [0.2, 0.25) is 11.8 Å². The van der Waals surface area contributed by atoms with E-state index in [1.165, 1.54) is 23.6 Å². The number of H-pyrrole nitrogens is 1. The Kier molecular flexibility index (Phi) is 4.91. The summed E-state index contributed by atoms with van der Waals surface area (Å²) in [5.41, 5.74) is 6.15. The predicted octanol–water partition coefficient (Wildman–Crippen LogP) is 0.697. The van der Waals surface area contributed by atoms with Crippen molar-refractivity contribution in [1.29, 1.82) is 0 Å². The summed E-state index contributed by atoms with van der Waals surface area (Å²) < 4.78 is 0. The van der Waals surface area contributed by atoms with Crippen molar-refractivity contribution >= 4 is 45.1 Å². The first-order valence-corrected chi connectivity index (χ1v) is 9.62. The number of nitrogens with zero attached hydrogens (tertiary/aromatic N) is 1. The molecule has 0 fully saturated rings. The molecule has 2 aromatic rings. The number of aryl methyl sites for hydroxylation is 2. The number of fused-ring (bicyclic) bond motifs is 3. The summed E-state index contributed by atoms with van der Waals surface area (Å²) in [6, 6.07) is -0.694. The number of carbonyl (C=O) groups excluding carboxylic acids is 2. The maximum absolute atomic E-state index is 12.3. The molecule has 7 nitrogen and oxygen atoms in total. The number of nitrogens with one attached hydrogen (secondary N) is 2. The lowest BCUT2D eigenvalue weighted by Crippen LogP contribution is -2.42. The second-order valence-corrected chi connectivity index (χ2v) is 7.80. The van der Waals surface area contributed by atoms with Crippen LogP contribution in [0.25, 0.3) is 10.2 Å². The van der Waals surface area contributed by atoms with E-state index in [4.69, 9.17) is 5.73 Å². The van der Waals surface area contributed by atoms with E-state index in [9.17, 15) is 14.4 Å². The van der Waals surface area contributed by atoms with Crippen LogP contribution in [0.4, 0.5) is 0 Å². The van der Waals surface area contributed by atoms with Gasteiger partial charge in [-0.1, -0.05) is 0 Å². The van der Waals surface area contributed by atoms with E-state index in [2.05, 4.69) is 15.3 Å². The number of aromatic amines is 1. The van der Waals surface area contributed by atoms with Gasteiger partial charge in [0, 0.05) is 4.88 Å². The number of hydrogen-bond donors (Lipinski definition) is 3. The lowest BCUT2D eigenvalue weighted by molar-refractivity contribution is -0.125. The minimum atomic E-state index is -0.694. The first-order valence-electron chi connectivity index (χ1n) is 7.65. The largest absolute Gasteiger partial charge is 0.368 e. The first kappa shape index (κ1) is 17.0. The van der Waals surface area contributed by atoms with E-state index < -0.39 is 11.9 Å². The summed E-state index contributed by atoms with van der Waals surface area (Å²) in [5, 5.41) is 3.24. The minimum Gasteiger partial charge on any atom is -0.368 e. The summed E-state index contributed by atoms with van der Waals surface area (Å²) in [7, 11) is 0. The molecule has 2 heterocycles. The van der Waals surface area contributed by atoms with Crippen molar-refractivity contribution in [3.05, 3.63) is 26.6 Å². The maximum Gasteiger partial charge on any atom is 0.259 e. The average Bonchev–Trinajstić information content (AvgIpc) is 3.07. The van der Waals surface area contributed by atoms with Crippen LogP contribution in [0.1, 0.15) is 29.6 Å². The number of carbonyl (C=O) groups is 2. The number of aromatic nitrogens is 2. The Bertz CT molecular complexity index is 858. The molecule has 1 aliphatic carbocycles. The summed E-state index contributed by atoms with van der Waals surface area (Å²) in [4.78, 5) is 44.3. The van der Waals surface area contributed by atoms with Gasteiger partial charge in [-0.2, -0.15) is 0 Å². The Morgan fingerprint density at radius 1 is 1.46 bits per heavy atom. The molecule has 0 radical (unpaired) electrons. The van der Waals surface area contributed by atoms with E-state index >= 15 is 0 Å². The van der Waals surface area contributed by atoms with Gasteiger partial charge in [-0.25, -0.2) is 4.98 Å². The zero-order chi connectivity index (χ0) is 17.3. The second-order valence-electron chi connectivity index (χ2n) is 5.73. The Balaban J connectivity index is 1.63. The van der Waals surface area contributed by atoms with Crippen LogP contribution in [0, 0.1) is 0 Å². The Morgan fingerprint density at radius 3 is 3.00 bits per heavy atom. The van der Waals surface area contributed by atoms with Crippen LogP contribution < -0.4 is 16.6 Å². The molecule has 9 heteroatoms. The normalized spacial score (nSPS) is 14.5. The van der Waals surface area contributed by atoms with Gasteiger partial charge in [-0.05, 0) is 31.7 Å². The van der Waals surface area contributed by atoms with Crippen LogP contribution in [-0.4, -0.2) is 33.6 Å². The molecule has 4 N–H and O–H groups in total. The van der Waals surface area contributed by atoms with Crippen LogP contribution in [0.3, 0.4) is 0 Å². The molecule has 1 atom stereocenters. The third kappa shape index (κ3) is 3.46. The Hall–Kier alpha value is -1.87. The minimum absolute atomic E-state index is 0.0956. The summed E-state index contributed by atoms with van der Waals surface area (Å²) in [5.74, 6) is 0.306. The van der Waals surface area contributed by atoms with Crippen molar-refractivity contribution in [3.63, 3.8) is 0 Å². The van der Waals surface area contributed by atoms with Crippen molar-refractivity contribution in [1.82, 2.24) is 15.3 Å². The summed E-state index contributed by atoms with van der Waals surface area (Å²) in [6.07, 6.45) is 3.08. The number of rotatable bonds is 6. The SMILES string of the molecule is C[C@H](NC(=O)CSCc1nc2sc3c(c2c(=O)[nH]1)CCC3)C(N)=O. The molecule has 0 unspecified atom stereocenters. The first-order chi connectivity index (χ1) is 11.5. The molecule has 24 heavy (non-hydrogen) atoms. The molecule has 2 amide bonds. The molecule has 0 saturated carbocycles. The smallest absolute Gasteiger partial charge is 0.259 e. The molecule has 128 valence electrons. The lowest BCUT2D eigenvalue weighted by atomic mass is 10.2. The van der Waals surface area contributed by atoms with E-state index in [0.717, 1.165) is 35.0 Å². The second kappa shape index (κ2) is 6.94.